The van der Waals surface area contributed by atoms with Gasteiger partial charge >= 0.3 is 8.03 Å². The molecular formula is C7H7ClO2P+. The maximum Gasteiger partial charge on any atom is 0.510 e. The summed E-state index contributed by atoms with van der Waals surface area (Å²) >= 11 is 5.73. The predicted molar refractivity (Wildman–Crippen MR) is 45.0 cm³/mol. The molecule has 0 fully saturated rings. The van der Waals surface area contributed by atoms with E-state index in [0.717, 1.165) is 5.56 Å². The second-order valence-corrected chi connectivity index (χ2v) is 3.53. The Bertz CT molecular complexity index is 275. The molecule has 0 saturated carbocycles. The first-order chi connectivity index (χ1) is 5.20. The van der Waals surface area contributed by atoms with Gasteiger partial charge in [0.2, 0.25) is 6.16 Å². The number of benzene rings is 1. The van der Waals surface area contributed by atoms with Crippen molar-refractivity contribution in [3.8, 4) is 0 Å². The normalized spacial score (nSPS) is 11.3. The maximum absolute atomic E-state index is 10.4. The molecule has 1 unspecified atom stereocenters. The van der Waals surface area contributed by atoms with E-state index in [1.54, 1.807) is 24.3 Å². The summed E-state index contributed by atoms with van der Waals surface area (Å²) in [6.07, 6.45) is 0.134. The average molecular weight is 190 g/mol. The van der Waals surface area contributed by atoms with Gasteiger partial charge in [-0.2, -0.15) is 4.89 Å². The van der Waals surface area contributed by atoms with Crippen LogP contribution in [-0.4, -0.2) is 4.89 Å². The third-order valence-electron chi connectivity index (χ3n) is 1.26. The van der Waals surface area contributed by atoms with Crippen LogP contribution in [0.3, 0.4) is 0 Å². The zero-order valence-corrected chi connectivity index (χ0v) is 7.35. The Labute approximate surface area is 70.7 Å². The first-order valence-electron chi connectivity index (χ1n) is 3.07. The Balaban J connectivity index is 2.86. The van der Waals surface area contributed by atoms with Gasteiger partial charge in [-0.25, -0.2) is 0 Å². The molecule has 2 nitrogen and oxygen atoms in total. The van der Waals surface area contributed by atoms with E-state index in [9.17, 15) is 4.57 Å². The lowest BCUT2D eigenvalue weighted by Crippen LogP contribution is -1.79. The highest BCUT2D eigenvalue weighted by Crippen LogP contribution is 2.25. The Morgan fingerprint density at radius 3 is 2.64 bits per heavy atom. The fraction of sp³-hybridized carbons (Fsp3) is 0.143. The lowest BCUT2D eigenvalue weighted by molar-refractivity contribution is 0.502. The van der Waals surface area contributed by atoms with Crippen molar-refractivity contribution in [1.29, 1.82) is 0 Å². The lowest BCUT2D eigenvalue weighted by Gasteiger charge is -1.92. The first kappa shape index (κ1) is 8.66. The highest BCUT2D eigenvalue weighted by molar-refractivity contribution is 7.37. The highest BCUT2D eigenvalue weighted by Gasteiger charge is 2.13. The Hall–Kier alpha value is -0.430. The number of halogens is 1. The molecule has 1 aromatic carbocycles. The zero-order valence-electron chi connectivity index (χ0n) is 5.70. The van der Waals surface area contributed by atoms with Crippen molar-refractivity contribution in [2.45, 2.75) is 6.16 Å². The van der Waals surface area contributed by atoms with E-state index in [0.29, 0.717) is 5.02 Å². The van der Waals surface area contributed by atoms with Crippen LogP contribution in [-0.2, 0) is 10.7 Å². The third-order valence-corrected chi connectivity index (χ3v) is 2.24. The lowest BCUT2D eigenvalue weighted by atomic mass is 10.2. The standard InChI is InChI=1S/C7H6ClO2P/c8-7-4-2-1-3-6(7)5-11(9)10/h1-4H,5H2/p+1. The van der Waals surface area contributed by atoms with E-state index >= 15 is 0 Å². The fourth-order valence-electron chi connectivity index (χ4n) is 0.772. The largest absolute Gasteiger partial charge is 0.510 e. The number of hydrogen-bond acceptors (Lipinski definition) is 1. The van der Waals surface area contributed by atoms with Gasteiger partial charge in [-0.3, -0.25) is 0 Å². The third kappa shape index (κ3) is 2.58. The minimum absolute atomic E-state index is 0.134. The van der Waals surface area contributed by atoms with Gasteiger partial charge in [0.25, 0.3) is 0 Å². The van der Waals surface area contributed by atoms with E-state index in [4.69, 9.17) is 16.5 Å². The topological polar surface area (TPSA) is 37.3 Å². The van der Waals surface area contributed by atoms with Crippen molar-refractivity contribution >= 4 is 19.6 Å². The quantitative estimate of drug-likeness (QED) is 0.726. The first-order valence-corrected chi connectivity index (χ1v) is 4.84. The van der Waals surface area contributed by atoms with Crippen LogP contribution in [0.25, 0.3) is 0 Å². The van der Waals surface area contributed by atoms with Gasteiger partial charge in [0, 0.05) is 10.6 Å². The molecule has 0 aliphatic carbocycles. The molecule has 0 aliphatic rings. The van der Waals surface area contributed by atoms with E-state index in [2.05, 4.69) is 0 Å². The van der Waals surface area contributed by atoms with Crippen molar-refractivity contribution in [1.82, 2.24) is 0 Å². The monoisotopic (exact) mass is 189 g/mol. The summed E-state index contributed by atoms with van der Waals surface area (Å²) < 4.78 is 10.4. The molecule has 0 spiro atoms. The van der Waals surface area contributed by atoms with E-state index in [1.165, 1.54) is 0 Å². The van der Waals surface area contributed by atoms with Crippen LogP contribution >= 0.6 is 19.6 Å². The van der Waals surface area contributed by atoms with Crippen molar-refractivity contribution in [3.05, 3.63) is 34.9 Å². The Morgan fingerprint density at radius 1 is 1.45 bits per heavy atom. The van der Waals surface area contributed by atoms with Gasteiger partial charge in [0.15, 0.2) is 0 Å². The molecule has 0 radical (unpaired) electrons. The van der Waals surface area contributed by atoms with Gasteiger partial charge in [0.05, 0.1) is 0 Å². The molecule has 0 bridgehead atoms. The van der Waals surface area contributed by atoms with Crippen molar-refractivity contribution < 1.29 is 9.46 Å². The van der Waals surface area contributed by atoms with E-state index < -0.39 is 8.03 Å². The molecule has 1 N–H and O–H groups in total. The molecule has 1 atom stereocenters. The SMILES string of the molecule is O=[P+](O)Cc1ccccc1Cl. The Kier molecular flexibility index (Phi) is 3.01. The van der Waals surface area contributed by atoms with Crippen LogP contribution in [0.2, 0.25) is 5.02 Å². The predicted octanol–water partition coefficient (Wildman–Crippen LogP) is 2.57. The molecular weight excluding hydrogens is 183 g/mol. The van der Waals surface area contributed by atoms with Crippen LogP contribution in [0.15, 0.2) is 24.3 Å². The molecule has 0 aromatic heterocycles. The molecule has 0 saturated heterocycles. The van der Waals surface area contributed by atoms with Crippen LogP contribution < -0.4 is 0 Å². The molecule has 1 aromatic rings. The van der Waals surface area contributed by atoms with Crippen LogP contribution in [0.5, 0.6) is 0 Å². The van der Waals surface area contributed by atoms with E-state index in [-0.39, 0.29) is 6.16 Å². The summed E-state index contributed by atoms with van der Waals surface area (Å²) in [7, 11) is -2.13. The summed E-state index contributed by atoms with van der Waals surface area (Å²) in [5.74, 6) is 0. The van der Waals surface area contributed by atoms with Gasteiger partial charge in [0.1, 0.15) is 0 Å². The highest BCUT2D eigenvalue weighted by atomic mass is 35.5. The fourth-order valence-corrected chi connectivity index (χ4v) is 1.64. The van der Waals surface area contributed by atoms with Gasteiger partial charge in [-0.05, 0) is 10.6 Å². The summed E-state index contributed by atoms with van der Waals surface area (Å²) in [6, 6.07) is 7.03. The molecule has 0 aliphatic heterocycles. The van der Waals surface area contributed by atoms with E-state index in [1.807, 2.05) is 0 Å². The summed E-state index contributed by atoms with van der Waals surface area (Å²) in [5.41, 5.74) is 0.720. The molecule has 58 valence electrons. The van der Waals surface area contributed by atoms with Gasteiger partial charge in [-0.15, -0.1) is 0 Å². The van der Waals surface area contributed by atoms with Gasteiger partial charge in [-0.1, -0.05) is 29.8 Å². The summed E-state index contributed by atoms with van der Waals surface area (Å²) in [5, 5.41) is 0.546. The van der Waals surface area contributed by atoms with Crippen LogP contribution in [0.1, 0.15) is 5.56 Å². The van der Waals surface area contributed by atoms with Crippen molar-refractivity contribution in [2.75, 3.05) is 0 Å². The second kappa shape index (κ2) is 3.82. The second-order valence-electron chi connectivity index (χ2n) is 2.10. The molecule has 0 heterocycles. The smallest absolute Gasteiger partial charge is 0.160 e. The summed E-state index contributed by atoms with van der Waals surface area (Å²) in [4.78, 5) is 8.58. The molecule has 4 heteroatoms. The average Bonchev–Trinajstić information content (AvgIpc) is 1.93. The number of hydrogen-bond donors (Lipinski definition) is 1. The molecule has 1 rings (SSSR count). The maximum atomic E-state index is 10.4. The molecule has 11 heavy (non-hydrogen) atoms. The minimum Gasteiger partial charge on any atom is -0.160 e. The van der Waals surface area contributed by atoms with Crippen molar-refractivity contribution in [3.63, 3.8) is 0 Å². The van der Waals surface area contributed by atoms with Crippen molar-refractivity contribution in [2.24, 2.45) is 0 Å². The Morgan fingerprint density at radius 2 is 2.09 bits per heavy atom. The summed E-state index contributed by atoms with van der Waals surface area (Å²) in [6.45, 7) is 0. The van der Waals surface area contributed by atoms with Gasteiger partial charge < -0.3 is 0 Å². The zero-order chi connectivity index (χ0) is 8.27. The minimum atomic E-state index is -2.13. The molecule has 0 amide bonds. The van der Waals surface area contributed by atoms with Crippen LogP contribution in [0, 0.1) is 0 Å². The number of rotatable bonds is 2. The van der Waals surface area contributed by atoms with Crippen LogP contribution in [0.4, 0.5) is 0 Å².